The maximum atomic E-state index is 12.3. The highest BCUT2D eigenvalue weighted by atomic mass is 32.1. The number of ether oxygens (including phenoxy) is 1. The van der Waals surface area contributed by atoms with Crippen molar-refractivity contribution in [1.29, 1.82) is 0 Å². The van der Waals surface area contributed by atoms with Gasteiger partial charge in [0.05, 0.1) is 19.2 Å². The summed E-state index contributed by atoms with van der Waals surface area (Å²) in [6.07, 6.45) is 0.155. The van der Waals surface area contributed by atoms with Crippen LogP contribution in [0.1, 0.15) is 21.6 Å². The minimum absolute atomic E-state index is 0.124. The van der Waals surface area contributed by atoms with Gasteiger partial charge in [-0.1, -0.05) is 36.4 Å². The van der Waals surface area contributed by atoms with Gasteiger partial charge in [-0.25, -0.2) is 4.98 Å². The molecule has 0 spiro atoms. The van der Waals surface area contributed by atoms with Crippen LogP contribution < -0.4 is 15.4 Å². The van der Waals surface area contributed by atoms with Gasteiger partial charge in [0.1, 0.15) is 5.75 Å². The first kappa shape index (κ1) is 20.6. The average Bonchev–Trinajstić information content (AvgIpc) is 3.24. The first-order chi connectivity index (χ1) is 15.1. The highest BCUT2D eigenvalue weighted by Gasteiger charge is 2.11. The minimum atomic E-state index is -0.222. The molecule has 0 atom stereocenters. The summed E-state index contributed by atoms with van der Waals surface area (Å²) in [5.74, 6) is 0.470. The van der Waals surface area contributed by atoms with E-state index in [1.807, 2.05) is 36.4 Å². The standard InChI is InChI=1S/C24H21N3O3S/c1-30-21-10-9-18-11-16(7-8-19(18)12-21)14-25-22(28)13-20-15-31-24(26-20)27-23(29)17-5-3-2-4-6-17/h2-12,15H,13-14H2,1H3,(H,25,28)(H,26,27,29). The van der Waals surface area contributed by atoms with E-state index in [-0.39, 0.29) is 18.2 Å². The second kappa shape index (κ2) is 9.40. The molecule has 2 N–H and O–H groups in total. The molecular weight excluding hydrogens is 410 g/mol. The van der Waals surface area contributed by atoms with Crippen molar-refractivity contribution in [2.45, 2.75) is 13.0 Å². The Morgan fingerprint density at radius 2 is 1.77 bits per heavy atom. The Bertz CT molecular complexity index is 1220. The summed E-state index contributed by atoms with van der Waals surface area (Å²) in [6.45, 7) is 0.433. The second-order valence-electron chi connectivity index (χ2n) is 6.97. The van der Waals surface area contributed by atoms with Crippen molar-refractivity contribution in [3.63, 3.8) is 0 Å². The molecule has 0 aliphatic carbocycles. The van der Waals surface area contributed by atoms with Gasteiger partial charge in [-0.05, 0) is 46.7 Å². The lowest BCUT2D eigenvalue weighted by Gasteiger charge is -2.07. The summed E-state index contributed by atoms with van der Waals surface area (Å²) in [4.78, 5) is 28.9. The highest BCUT2D eigenvalue weighted by Crippen LogP contribution is 2.22. The number of carbonyl (C=O) groups excluding carboxylic acids is 2. The van der Waals surface area contributed by atoms with Crippen molar-refractivity contribution in [3.05, 3.63) is 88.9 Å². The van der Waals surface area contributed by atoms with E-state index in [9.17, 15) is 9.59 Å². The third-order valence-corrected chi connectivity index (χ3v) is 5.56. The molecule has 0 radical (unpaired) electrons. The molecule has 0 saturated heterocycles. The second-order valence-corrected chi connectivity index (χ2v) is 7.82. The van der Waals surface area contributed by atoms with Crippen molar-refractivity contribution < 1.29 is 14.3 Å². The number of amides is 2. The van der Waals surface area contributed by atoms with Crippen LogP contribution in [0.4, 0.5) is 5.13 Å². The average molecular weight is 432 g/mol. The first-order valence-corrected chi connectivity index (χ1v) is 10.6. The molecule has 0 aliphatic rings. The van der Waals surface area contributed by atoms with Gasteiger partial charge in [-0.2, -0.15) is 0 Å². The number of aromatic nitrogens is 1. The molecule has 0 aliphatic heterocycles. The van der Waals surface area contributed by atoms with E-state index in [2.05, 4.69) is 21.7 Å². The van der Waals surface area contributed by atoms with Gasteiger partial charge in [0.15, 0.2) is 5.13 Å². The summed E-state index contributed by atoms with van der Waals surface area (Å²) in [5.41, 5.74) is 2.20. The van der Waals surface area contributed by atoms with Gasteiger partial charge in [0, 0.05) is 17.5 Å². The molecule has 6 nitrogen and oxygen atoms in total. The lowest BCUT2D eigenvalue weighted by atomic mass is 10.1. The van der Waals surface area contributed by atoms with Crippen LogP contribution in [-0.4, -0.2) is 23.9 Å². The number of hydrogen-bond acceptors (Lipinski definition) is 5. The van der Waals surface area contributed by atoms with E-state index < -0.39 is 0 Å². The molecule has 1 heterocycles. The molecule has 0 bridgehead atoms. The smallest absolute Gasteiger partial charge is 0.257 e. The fourth-order valence-corrected chi connectivity index (χ4v) is 3.85. The Morgan fingerprint density at radius 3 is 2.58 bits per heavy atom. The molecule has 0 fully saturated rings. The Balaban J connectivity index is 1.31. The number of nitrogens with zero attached hydrogens (tertiary/aromatic N) is 1. The summed E-state index contributed by atoms with van der Waals surface area (Å²) in [6, 6.07) is 20.9. The maximum absolute atomic E-state index is 12.3. The maximum Gasteiger partial charge on any atom is 0.257 e. The van der Waals surface area contributed by atoms with Gasteiger partial charge in [-0.15, -0.1) is 11.3 Å². The molecule has 0 unspecified atom stereocenters. The van der Waals surface area contributed by atoms with Crippen molar-refractivity contribution in [2.24, 2.45) is 0 Å². The van der Waals surface area contributed by atoms with Gasteiger partial charge < -0.3 is 10.1 Å². The molecule has 3 aromatic carbocycles. The monoisotopic (exact) mass is 431 g/mol. The SMILES string of the molecule is COc1ccc2cc(CNC(=O)Cc3csc(NC(=O)c4ccccc4)n3)ccc2c1. The van der Waals surface area contributed by atoms with Crippen LogP contribution in [-0.2, 0) is 17.8 Å². The van der Waals surface area contributed by atoms with Gasteiger partial charge >= 0.3 is 0 Å². The predicted molar refractivity (Wildman–Crippen MR) is 123 cm³/mol. The predicted octanol–water partition coefficient (Wildman–Crippen LogP) is 4.42. The number of hydrogen-bond donors (Lipinski definition) is 2. The Hall–Kier alpha value is -3.71. The Kier molecular flexibility index (Phi) is 6.24. The number of thiazole rings is 1. The summed E-state index contributed by atoms with van der Waals surface area (Å²) < 4.78 is 5.25. The quantitative estimate of drug-likeness (QED) is 0.454. The number of carbonyl (C=O) groups is 2. The lowest BCUT2D eigenvalue weighted by Crippen LogP contribution is -2.24. The van der Waals surface area contributed by atoms with Gasteiger partial charge in [0.2, 0.25) is 5.91 Å². The van der Waals surface area contributed by atoms with Gasteiger partial charge in [-0.3, -0.25) is 14.9 Å². The van der Waals surface area contributed by atoms with Gasteiger partial charge in [0.25, 0.3) is 5.91 Å². The van der Waals surface area contributed by atoms with Crippen LogP contribution in [0.2, 0.25) is 0 Å². The first-order valence-electron chi connectivity index (χ1n) is 9.75. The number of benzene rings is 3. The van der Waals surface area contributed by atoms with Crippen molar-refractivity contribution in [3.8, 4) is 5.75 Å². The third kappa shape index (κ3) is 5.26. The number of methoxy groups -OCH3 is 1. The van der Waals surface area contributed by atoms with Crippen LogP contribution in [0.3, 0.4) is 0 Å². The summed E-state index contributed by atoms with van der Waals surface area (Å²) in [5, 5.41) is 10.1. The fraction of sp³-hybridized carbons (Fsp3) is 0.125. The number of anilines is 1. The lowest BCUT2D eigenvalue weighted by molar-refractivity contribution is -0.120. The molecule has 0 saturated carbocycles. The van der Waals surface area contributed by atoms with Crippen LogP contribution in [0.15, 0.2) is 72.1 Å². The van der Waals surface area contributed by atoms with Crippen LogP contribution >= 0.6 is 11.3 Å². The van der Waals surface area contributed by atoms with Crippen molar-refractivity contribution in [1.82, 2.24) is 10.3 Å². The van der Waals surface area contributed by atoms with Crippen LogP contribution in [0.5, 0.6) is 5.75 Å². The molecular formula is C24H21N3O3S. The molecule has 7 heteroatoms. The zero-order valence-corrected chi connectivity index (χ0v) is 17.7. The Labute approximate surface area is 183 Å². The van der Waals surface area contributed by atoms with E-state index in [0.717, 1.165) is 22.1 Å². The molecule has 4 rings (SSSR count). The topological polar surface area (TPSA) is 80.3 Å². The summed E-state index contributed by atoms with van der Waals surface area (Å²) >= 11 is 1.30. The largest absolute Gasteiger partial charge is 0.497 e. The van der Waals surface area contributed by atoms with Crippen molar-refractivity contribution in [2.75, 3.05) is 12.4 Å². The van der Waals surface area contributed by atoms with E-state index in [1.54, 1.807) is 36.8 Å². The summed E-state index contributed by atoms with van der Waals surface area (Å²) in [7, 11) is 1.65. The molecule has 4 aromatic rings. The number of rotatable bonds is 7. The Morgan fingerprint density at radius 1 is 1.00 bits per heavy atom. The minimum Gasteiger partial charge on any atom is -0.497 e. The van der Waals surface area contributed by atoms with E-state index in [1.165, 1.54) is 11.3 Å². The molecule has 31 heavy (non-hydrogen) atoms. The zero-order valence-electron chi connectivity index (χ0n) is 16.9. The zero-order chi connectivity index (χ0) is 21.6. The molecule has 1 aromatic heterocycles. The third-order valence-electron chi connectivity index (χ3n) is 4.75. The normalized spacial score (nSPS) is 10.6. The van der Waals surface area contributed by atoms with E-state index >= 15 is 0 Å². The highest BCUT2D eigenvalue weighted by molar-refractivity contribution is 7.14. The van der Waals surface area contributed by atoms with Crippen LogP contribution in [0, 0.1) is 0 Å². The van der Waals surface area contributed by atoms with E-state index in [0.29, 0.717) is 22.9 Å². The number of fused-ring (bicyclic) bond motifs is 1. The number of nitrogens with one attached hydrogen (secondary N) is 2. The van der Waals surface area contributed by atoms with E-state index in [4.69, 9.17) is 4.74 Å². The van der Waals surface area contributed by atoms with Crippen LogP contribution in [0.25, 0.3) is 10.8 Å². The fourth-order valence-electron chi connectivity index (χ4n) is 3.14. The molecule has 156 valence electrons. The van der Waals surface area contributed by atoms with Crippen molar-refractivity contribution >= 4 is 39.1 Å². The molecule has 2 amide bonds.